The Balaban J connectivity index is 0.00000200. The van der Waals surface area contributed by atoms with Gasteiger partial charge in [-0.1, -0.05) is 13.0 Å². The second-order valence-electron chi connectivity index (χ2n) is 4.23. The van der Waals surface area contributed by atoms with Crippen molar-refractivity contribution in [2.24, 2.45) is 5.73 Å². The number of carbonyl (C=O) groups is 2. The quantitative estimate of drug-likeness (QED) is 0.310. The van der Waals surface area contributed by atoms with Gasteiger partial charge in [-0.3, -0.25) is 9.35 Å². The molecular formula is C9H14N3NaO6S. The maximum atomic E-state index is 12.0. The van der Waals surface area contributed by atoms with Crippen molar-refractivity contribution in [3.8, 4) is 0 Å². The first kappa shape index (κ1) is 17.4. The van der Waals surface area contributed by atoms with E-state index >= 15 is 0 Å². The van der Waals surface area contributed by atoms with Gasteiger partial charge in [-0.05, 0) is 12.0 Å². The van der Waals surface area contributed by atoms with E-state index in [1.54, 1.807) is 13.0 Å². The van der Waals surface area contributed by atoms with E-state index in [-0.39, 0.29) is 37.5 Å². The summed E-state index contributed by atoms with van der Waals surface area (Å²) in [6.45, 7) is 1.86. The first-order valence-corrected chi connectivity index (χ1v) is 6.88. The maximum Gasteiger partial charge on any atom is 1.00 e. The van der Waals surface area contributed by atoms with Crippen LogP contribution in [0.15, 0.2) is 11.6 Å². The van der Waals surface area contributed by atoms with E-state index in [0.29, 0.717) is 17.1 Å². The van der Waals surface area contributed by atoms with E-state index in [4.69, 9.17) is 10.3 Å². The normalized spacial score (nSPS) is 25.3. The number of amides is 3. The van der Waals surface area contributed by atoms with Gasteiger partial charge in [-0.25, -0.2) is 4.79 Å². The van der Waals surface area contributed by atoms with Gasteiger partial charge in [0.25, 0.3) is 0 Å². The predicted octanol–water partition coefficient (Wildman–Crippen LogP) is -3.85. The first-order chi connectivity index (χ1) is 8.74. The van der Waals surface area contributed by atoms with Gasteiger partial charge < -0.3 is 12.1 Å². The van der Waals surface area contributed by atoms with Gasteiger partial charge in [0.1, 0.15) is 6.04 Å². The van der Waals surface area contributed by atoms with Crippen molar-refractivity contribution < 1.29 is 57.8 Å². The number of rotatable bonds is 4. The van der Waals surface area contributed by atoms with Crippen LogP contribution in [-0.2, 0) is 19.5 Å². The van der Waals surface area contributed by atoms with Crippen LogP contribution in [0.5, 0.6) is 0 Å². The van der Waals surface area contributed by atoms with Crippen molar-refractivity contribution in [3.63, 3.8) is 0 Å². The molecule has 3 N–H and O–H groups in total. The second kappa shape index (κ2) is 6.00. The Morgan fingerprint density at radius 2 is 2.25 bits per heavy atom. The zero-order chi connectivity index (χ0) is 14.4. The molecule has 0 aromatic rings. The Kier molecular flexibility index (Phi) is 5.22. The van der Waals surface area contributed by atoms with Gasteiger partial charge in [-0.2, -0.15) is 13.5 Å². The molecule has 2 aliphatic rings. The molecule has 2 heterocycles. The monoisotopic (exact) mass is 315 g/mol. The summed E-state index contributed by atoms with van der Waals surface area (Å²) in [6, 6.07) is -2.42. The van der Waals surface area contributed by atoms with Crippen molar-refractivity contribution in [1.82, 2.24) is 9.96 Å². The van der Waals surface area contributed by atoms with Crippen LogP contribution in [0.1, 0.15) is 14.8 Å². The van der Waals surface area contributed by atoms with Gasteiger partial charge in [0, 0.05) is 0 Å². The van der Waals surface area contributed by atoms with Gasteiger partial charge in [-0.15, -0.1) is 4.28 Å². The van der Waals surface area contributed by atoms with Crippen LogP contribution in [0.3, 0.4) is 0 Å². The molecule has 0 saturated carbocycles. The average molecular weight is 315 g/mol. The summed E-state index contributed by atoms with van der Waals surface area (Å²) in [5.74, 6) is -0.700. The zero-order valence-corrected chi connectivity index (χ0v) is 13.8. The molecule has 9 nitrogen and oxygen atoms in total. The minimum Gasteiger partial charge on any atom is -1.00 e. The molecule has 0 radical (unpaired) electrons. The van der Waals surface area contributed by atoms with Gasteiger partial charge in [0.05, 0.1) is 12.6 Å². The number of carbonyl (C=O) groups excluding carboxylic acids is 2. The topological polar surface area (TPSA) is 130 Å². The van der Waals surface area contributed by atoms with Gasteiger partial charge in [0.15, 0.2) is 0 Å². The van der Waals surface area contributed by atoms with Crippen LogP contribution >= 0.6 is 0 Å². The molecule has 2 atom stereocenters. The first-order valence-electron chi connectivity index (χ1n) is 5.51. The fourth-order valence-electron chi connectivity index (χ4n) is 2.33. The standard InChI is InChI=1S/C9H13N3O6S.Na.H/c1-2-5-3-6-4-11(7(5)8(10)13)9(14)12(6)18-19(15,16)17;;/h3,6-7H,2,4H2,1H3,(H2,10,13)(H,15,16,17);;/q;+1;-1/t6?,7-;;/m0../s1. The van der Waals surface area contributed by atoms with Crippen molar-refractivity contribution in [3.05, 3.63) is 11.6 Å². The molecule has 1 fully saturated rings. The third-order valence-corrected chi connectivity index (χ3v) is 3.39. The van der Waals surface area contributed by atoms with E-state index in [0.717, 1.165) is 4.90 Å². The number of fused-ring (bicyclic) bond motifs is 2. The second-order valence-corrected chi connectivity index (χ2v) is 5.23. The number of nitrogens with two attached hydrogens (primary N) is 1. The predicted molar refractivity (Wildman–Crippen MR) is 62.8 cm³/mol. The Labute approximate surface area is 139 Å². The largest absolute Gasteiger partial charge is 1.00 e. The van der Waals surface area contributed by atoms with E-state index in [2.05, 4.69) is 4.28 Å². The summed E-state index contributed by atoms with van der Waals surface area (Å²) in [6.07, 6.45) is 2.04. The summed E-state index contributed by atoms with van der Waals surface area (Å²) < 4.78 is 34.3. The van der Waals surface area contributed by atoms with Crippen molar-refractivity contribution in [2.45, 2.75) is 25.4 Å². The summed E-state index contributed by atoms with van der Waals surface area (Å²) in [4.78, 5) is 24.5. The van der Waals surface area contributed by atoms with Gasteiger partial charge in [0.2, 0.25) is 5.91 Å². The number of hydrogen-bond acceptors (Lipinski definition) is 5. The molecule has 0 spiro atoms. The molecule has 1 saturated heterocycles. The van der Waals surface area contributed by atoms with E-state index < -0.39 is 34.4 Å². The summed E-state index contributed by atoms with van der Waals surface area (Å²) in [5.41, 5.74) is 5.86. The van der Waals surface area contributed by atoms with Crippen LogP contribution in [-0.4, -0.2) is 53.5 Å². The smallest absolute Gasteiger partial charge is 1.00 e. The number of urea groups is 1. The summed E-state index contributed by atoms with van der Waals surface area (Å²) >= 11 is 0. The summed E-state index contributed by atoms with van der Waals surface area (Å²) in [7, 11) is -4.81. The SMILES string of the molecule is CCC1=CC2CN(C(=O)N2OS(=O)(=O)O)[C@@H]1C(N)=O.[H-].[Na+]. The Hall–Kier alpha value is -0.650. The fraction of sp³-hybridized carbons (Fsp3) is 0.556. The molecule has 20 heavy (non-hydrogen) atoms. The Morgan fingerprint density at radius 3 is 2.70 bits per heavy atom. The molecule has 108 valence electrons. The fourth-order valence-corrected chi connectivity index (χ4v) is 2.71. The Morgan fingerprint density at radius 1 is 1.65 bits per heavy atom. The van der Waals surface area contributed by atoms with Crippen LogP contribution in [0.4, 0.5) is 4.79 Å². The van der Waals surface area contributed by atoms with E-state index in [1.807, 2.05) is 0 Å². The number of hydrogen-bond donors (Lipinski definition) is 2. The molecule has 1 unspecified atom stereocenters. The van der Waals surface area contributed by atoms with Crippen LogP contribution in [0.2, 0.25) is 0 Å². The van der Waals surface area contributed by atoms with Crippen LogP contribution in [0, 0.1) is 0 Å². The number of nitrogens with zero attached hydrogens (tertiary/aromatic N) is 2. The third kappa shape index (κ3) is 3.15. The van der Waals surface area contributed by atoms with E-state index in [1.165, 1.54) is 0 Å². The maximum absolute atomic E-state index is 12.0. The average Bonchev–Trinajstić information content (AvgIpc) is 2.52. The minimum atomic E-state index is -4.81. The molecule has 0 aliphatic carbocycles. The molecule has 2 bridgehead atoms. The molecule has 0 aromatic carbocycles. The van der Waals surface area contributed by atoms with Crippen LogP contribution < -0.4 is 35.3 Å². The number of primary amides is 1. The third-order valence-electron chi connectivity index (χ3n) is 3.04. The van der Waals surface area contributed by atoms with Crippen molar-refractivity contribution in [2.75, 3.05) is 6.54 Å². The summed E-state index contributed by atoms with van der Waals surface area (Å²) in [5, 5.41) is 0.522. The molecule has 0 aromatic heterocycles. The van der Waals surface area contributed by atoms with E-state index in [9.17, 15) is 18.0 Å². The molecule has 2 aliphatic heterocycles. The van der Waals surface area contributed by atoms with Crippen molar-refractivity contribution >= 4 is 22.3 Å². The Bertz CT molecular complexity index is 568. The van der Waals surface area contributed by atoms with Gasteiger partial charge >= 0.3 is 46.0 Å². The molecule has 11 heteroatoms. The minimum absolute atomic E-state index is 0. The molecular weight excluding hydrogens is 301 g/mol. The molecule has 2 rings (SSSR count). The van der Waals surface area contributed by atoms with Crippen LogP contribution in [0.25, 0.3) is 0 Å². The van der Waals surface area contributed by atoms with Crippen molar-refractivity contribution in [1.29, 1.82) is 0 Å². The number of hydroxylamine groups is 2. The zero-order valence-electron chi connectivity index (χ0n) is 12.0. The molecule has 3 amide bonds.